The molecule has 0 amide bonds. The monoisotopic (exact) mass is 280 g/mol. The third-order valence-electron chi connectivity index (χ3n) is 2.89. The van der Waals surface area contributed by atoms with Crippen molar-refractivity contribution < 1.29 is 0 Å². The van der Waals surface area contributed by atoms with Crippen LogP contribution in [0.2, 0.25) is 0 Å². The zero-order valence-corrected chi connectivity index (χ0v) is 12.0. The molecule has 106 valence electrons. The Hall–Kier alpha value is -2.82. The second-order valence-electron chi connectivity index (χ2n) is 4.66. The Morgan fingerprint density at radius 1 is 0.810 bits per heavy atom. The molecular formula is C16H16N4O. The Labute approximate surface area is 123 Å². The highest BCUT2D eigenvalue weighted by molar-refractivity contribution is 5.83. The Bertz CT molecular complexity index is 643. The van der Waals surface area contributed by atoms with Crippen LogP contribution in [0, 0.1) is 4.91 Å². The van der Waals surface area contributed by atoms with Gasteiger partial charge < -0.3 is 4.90 Å². The first-order valence-electron chi connectivity index (χ1n) is 6.46. The molecule has 0 N–H and O–H groups in total. The summed E-state index contributed by atoms with van der Waals surface area (Å²) in [6.07, 6.45) is 3.32. The zero-order valence-electron chi connectivity index (χ0n) is 12.0. The topological polar surface area (TPSA) is 57.4 Å². The fourth-order valence-corrected chi connectivity index (χ4v) is 1.68. The Balaban J connectivity index is 1.97. The summed E-state index contributed by atoms with van der Waals surface area (Å²) in [6, 6.07) is 14.8. The minimum absolute atomic E-state index is 0.400. The second-order valence-corrected chi connectivity index (χ2v) is 4.66. The van der Waals surface area contributed by atoms with Gasteiger partial charge >= 0.3 is 0 Å². The van der Waals surface area contributed by atoms with Gasteiger partial charge in [0.2, 0.25) is 0 Å². The van der Waals surface area contributed by atoms with Crippen molar-refractivity contribution in [2.45, 2.75) is 0 Å². The Morgan fingerprint density at radius 2 is 1.29 bits per heavy atom. The maximum Gasteiger partial charge on any atom is 0.108 e. The molecule has 2 rings (SSSR count). The average Bonchev–Trinajstić information content (AvgIpc) is 2.52. The maximum absolute atomic E-state index is 10.3. The summed E-state index contributed by atoms with van der Waals surface area (Å²) >= 11 is 0. The minimum atomic E-state index is 0.400. The van der Waals surface area contributed by atoms with Crippen molar-refractivity contribution in [3.63, 3.8) is 0 Å². The van der Waals surface area contributed by atoms with Crippen LogP contribution >= 0.6 is 0 Å². The van der Waals surface area contributed by atoms with Crippen molar-refractivity contribution in [1.82, 2.24) is 0 Å². The number of hydrogen-bond acceptors (Lipinski definition) is 5. The Kier molecular flexibility index (Phi) is 4.93. The number of nitrogens with zero attached hydrogens (tertiary/aromatic N) is 4. The van der Waals surface area contributed by atoms with Crippen molar-refractivity contribution >= 4 is 23.8 Å². The third-order valence-corrected chi connectivity index (χ3v) is 2.89. The lowest BCUT2D eigenvalue weighted by Crippen LogP contribution is -2.08. The van der Waals surface area contributed by atoms with Crippen LogP contribution in [0.5, 0.6) is 0 Å². The molecule has 21 heavy (non-hydrogen) atoms. The molecule has 0 aliphatic rings. The molecule has 0 atom stereocenters. The Morgan fingerprint density at radius 3 is 1.71 bits per heavy atom. The number of nitroso groups, excluding NO2 is 1. The van der Waals surface area contributed by atoms with Gasteiger partial charge in [-0.3, -0.25) is 0 Å². The molecule has 0 unspecified atom stereocenters. The summed E-state index contributed by atoms with van der Waals surface area (Å²) in [5, 5.41) is 10.8. The van der Waals surface area contributed by atoms with Gasteiger partial charge in [-0.25, -0.2) is 0 Å². The molecular weight excluding hydrogens is 264 g/mol. The molecule has 0 aromatic heterocycles. The minimum Gasteiger partial charge on any atom is -0.378 e. The number of benzene rings is 2. The van der Waals surface area contributed by atoms with Gasteiger partial charge in [0.25, 0.3) is 0 Å². The normalized spacial score (nSPS) is 11.1. The lowest BCUT2D eigenvalue weighted by molar-refractivity contribution is 1.13. The largest absolute Gasteiger partial charge is 0.378 e. The predicted octanol–water partition coefficient (Wildman–Crippen LogP) is 3.60. The van der Waals surface area contributed by atoms with E-state index in [-0.39, 0.29) is 0 Å². The highest BCUT2D eigenvalue weighted by Crippen LogP contribution is 2.12. The molecule has 5 nitrogen and oxygen atoms in total. The lowest BCUT2D eigenvalue weighted by Gasteiger charge is -2.11. The summed E-state index contributed by atoms with van der Waals surface area (Å²) in [4.78, 5) is 12.3. The van der Waals surface area contributed by atoms with Gasteiger partial charge in [-0.2, -0.15) is 10.2 Å². The number of hydrogen-bond donors (Lipinski definition) is 0. The fraction of sp³-hybridized carbons (Fsp3) is 0.125. The smallest absolute Gasteiger partial charge is 0.108 e. The van der Waals surface area contributed by atoms with Gasteiger partial charge in [0.1, 0.15) is 5.69 Å². The maximum atomic E-state index is 10.3. The van der Waals surface area contributed by atoms with E-state index in [1.54, 1.807) is 36.7 Å². The van der Waals surface area contributed by atoms with Gasteiger partial charge in [-0.1, -0.05) is 24.3 Å². The van der Waals surface area contributed by atoms with Gasteiger partial charge in [0.05, 0.1) is 12.4 Å². The summed E-state index contributed by atoms with van der Waals surface area (Å²) in [6.45, 7) is 0. The summed E-state index contributed by atoms with van der Waals surface area (Å²) < 4.78 is 0. The molecule has 0 bridgehead atoms. The van der Waals surface area contributed by atoms with Crippen LogP contribution in [-0.2, 0) is 0 Å². The first kappa shape index (κ1) is 14.6. The predicted molar refractivity (Wildman–Crippen MR) is 87.9 cm³/mol. The molecule has 0 saturated heterocycles. The van der Waals surface area contributed by atoms with E-state index in [1.165, 1.54) is 0 Å². The van der Waals surface area contributed by atoms with Crippen LogP contribution in [0.4, 0.5) is 11.4 Å². The molecule has 0 radical (unpaired) electrons. The molecule has 0 spiro atoms. The summed E-state index contributed by atoms with van der Waals surface area (Å²) in [7, 11) is 4.00. The molecule has 2 aromatic carbocycles. The van der Waals surface area contributed by atoms with Crippen molar-refractivity contribution in [2.75, 3.05) is 19.0 Å². The van der Waals surface area contributed by atoms with E-state index >= 15 is 0 Å². The van der Waals surface area contributed by atoms with E-state index < -0.39 is 0 Å². The van der Waals surface area contributed by atoms with Crippen molar-refractivity contribution in [3.05, 3.63) is 64.6 Å². The first-order chi connectivity index (χ1) is 10.2. The van der Waals surface area contributed by atoms with Crippen LogP contribution in [0.15, 0.2) is 63.9 Å². The molecule has 0 heterocycles. The van der Waals surface area contributed by atoms with E-state index in [2.05, 4.69) is 15.4 Å². The molecule has 0 aliphatic heterocycles. The lowest BCUT2D eigenvalue weighted by atomic mass is 10.2. The third kappa shape index (κ3) is 4.35. The zero-order chi connectivity index (χ0) is 15.1. The first-order valence-corrected chi connectivity index (χ1v) is 6.46. The van der Waals surface area contributed by atoms with E-state index in [0.717, 1.165) is 16.8 Å². The van der Waals surface area contributed by atoms with E-state index in [0.29, 0.717) is 5.69 Å². The van der Waals surface area contributed by atoms with Crippen LogP contribution in [0.25, 0.3) is 0 Å². The van der Waals surface area contributed by atoms with Gasteiger partial charge in [-0.05, 0) is 40.6 Å². The van der Waals surface area contributed by atoms with E-state index in [9.17, 15) is 4.91 Å². The van der Waals surface area contributed by atoms with Gasteiger partial charge in [-0.15, -0.1) is 4.91 Å². The van der Waals surface area contributed by atoms with Crippen LogP contribution in [-0.4, -0.2) is 26.5 Å². The SMILES string of the molecule is CN(C)c1ccc(/C=N/N=C/c2ccc(N=O)cc2)cc1. The van der Waals surface area contributed by atoms with Gasteiger partial charge in [0, 0.05) is 19.8 Å². The van der Waals surface area contributed by atoms with Crippen LogP contribution < -0.4 is 4.90 Å². The molecule has 0 fully saturated rings. The number of anilines is 1. The standard InChI is InChI=1S/C16H16N4O/c1-20(2)16-9-5-14(6-10-16)12-18-17-11-13-3-7-15(19-21)8-4-13/h3-12H,1-2H3/b17-11+,18-12+. The van der Waals surface area contributed by atoms with Crippen molar-refractivity contribution in [3.8, 4) is 0 Å². The quantitative estimate of drug-likeness (QED) is 0.477. The van der Waals surface area contributed by atoms with E-state index in [1.807, 2.05) is 43.3 Å². The summed E-state index contributed by atoms with van der Waals surface area (Å²) in [5.74, 6) is 0. The molecule has 0 saturated carbocycles. The summed E-state index contributed by atoms with van der Waals surface area (Å²) in [5.41, 5.74) is 3.39. The average molecular weight is 280 g/mol. The molecule has 0 aliphatic carbocycles. The van der Waals surface area contributed by atoms with Crippen molar-refractivity contribution in [2.24, 2.45) is 15.4 Å². The number of rotatable bonds is 5. The van der Waals surface area contributed by atoms with Gasteiger partial charge in [0.15, 0.2) is 0 Å². The molecule has 2 aromatic rings. The van der Waals surface area contributed by atoms with Crippen molar-refractivity contribution in [1.29, 1.82) is 0 Å². The fourth-order valence-electron chi connectivity index (χ4n) is 1.68. The highest BCUT2D eigenvalue weighted by atomic mass is 16.3. The van der Waals surface area contributed by atoms with E-state index in [4.69, 9.17) is 0 Å². The molecule has 5 heteroatoms. The van der Waals surface area contributed by atoms with Crippen LogP contribution in [0.3, 0.4) is 0 Å². The highest BCUT2D eigenvalue weighted by Gasteiger charge is 1.93. The second kappa shape index (κ2) is 7.09. The van der Waals surface area contributed by atoms with Crippen LogP contribution in [0.1, 0.15) is 11.1 Å².